The van der Waals surface area contributed by atoms with Crippen molar-refractivity contribution in [3.8, 4) is 0 Å². The van der Waals surface area contributed by atoms with Gasteiger partial charge >= 0.3 is 117 Å². The van der Waals surface area contributed by atoms with Crippen LogP contribution in [0.2, 0.25) is 0 Å². The summed E-state index contributed by atoms with van der Waals surface area (Å²) in [5.74, 6) is 0. The van der Waals surface area contributed by atoms with Crippen molar-refractivity contribution in [3.63, 3.8) is 0 Å². The molecule has 0 aromatic rings. The van der Waals surface area contributed by atoms with Gasteiger partial charge in [-0.05, 0) is 0 Å². The van der Waals surface area contributed by atoms with Crippen LogP contribution in [-0.2, 0) is 117 Å². The Morgan fingerprint density at radius 1 is 0.143 bits per heavy atom. The molecule has 7 radical (unpaired) electrons. The van der Waals surface area contributed by atoms with E-state index in [2.05, 4.69) is 0 Å². The maximum absolute atomic E-state index is 0. The normalized spacial score (nSPS) is 0. The number of rotatable bonds is 0. The van der Waals surface area contributed by atoms with Gasteiger partial charge in [0.2, 0.25) is 0 Å². The van der Waals surface area contributed by atoms with Gasteiger partial charge < -0.3 is 0 Å². The van der Waals surface area contributed by atoms with E-state index in [-0.39, 0.29) is 117 Å². The predicted molar refractivity (Wildman–Crippen MR) is 0 cm³/mol. The molecule has 0 aliphatic carbocycles. The molecule has 0 saturated heterocycles. The second-order valence-electron chi connectivity index (χ2n) is 0. The van der Waals surface area contributed by atoms with Gasteiger partial charge in [0.15, 0.2) is 0 Å². The van der Waals surface area contributed by atoms with Crippen molar-refractivity contribution in [3.05, 3.63) is 0 Å². The van der Waals surface area contributed by atoms with Gasteiger partial charge in [-0.15, -0.1) is 0 Å². The van der Waals surface area contributed by atoms with Gasteiger partial charge in [-0.2, -0.15) is 0 Å². The Bertz CT molecular complexity index is 0. The fourth-order valence-electron chi connectivity index (χ4n) is 0. The average molecular weight is 413 g/mol. The van der Waals surface area contributed by atoms with E-state index in [1.165, 1.54) is 0 Å². The molecule has 0 amide bonds. The molecule has 0 atom stereocenters. The Labute approximate surface area is 116 Å². The minimum Gasteiger partial charge on any atom is 2.00 e. The molecule has 0 aliphatic rings. The van der Waals surface area contributed by atoms with Crippen LogP contribution < -0.4 is 0 Å². The summed E-state index contributed by atoms with van der Waals surface area (Å²) in [5.41, 5.74) is 0. The van der Waals surface area contributed by atoms with E-state index in [9.17, 15) is 0 Å². The first-order chi connectivity index (χ1) is 0. The molecule has 0 aromatic carbocycles. The monoisotopic (exact) mass is 413 g/mol. The van der Waals surface area contributed by atoms with Crippen molar-refractivity contribution in [2.24, 2.45) is 0 Å². The molecule has 0 spiro atoms. The summed E-state index contributed by atoms with van der Waals surface area (Å²) in [6.45, 7) is 0. The Morgan fingerprint density at radius 2 is 0.143 bits per heavy atom. The molecule has 0 fully saturated rings. The minimum atomic E-state index is 0. The summed E-state index contributed by atoms with van der Waals surface area (Å²) in [5, 5.41) is 0. The molecule has 0 bridgehead atoms. The SMILES string of the molecule is [Co+2].[Co+2].[Co+2].[Co+2].[Co+2].[Co+2].[Co+2]. The van der Waals surface area contributed by atoms with Crippen molar-refractivity contribution in [1.29, 1.82) is 0 Å². The largest absolute Gasteiger partial charge is 2.00 e. The van der Waals surface area contributed by atoms with Crippen molar-refractivity contribution in [2.45, 2.75) is 0 Å². The summed E-state index contributed by atoms with van der Waals surface area (Å²) in [7, 11) is 0. The Kier molecular flexibility index (Phi) is 606. The molecule has 7 heteroatoms. The molecule has 0 saturated carbocycles. The van der Waals surface area contributed by atoms with Crippen LogP contribution in [-0.4, -0.2) is 0 Å². The van der Waals surface area contributed by atoms with Gasteiger partial charge in [-0.25, -0.2) is 0 Å². The van der Waals surface area contributed by atoms with Crippen molar-refractivity contribution in [1.82, 2.24) is 0 Å². The Hall–Kier alpha value is 3.55. The van der Waals surface area contributed by atoms with Gasteiger partial charge in [0, 0.05) is 0 Å². The summed E-state index contributed by atoms with van der Waals surface area (Å²) in [6.07, 6.45) is 0. The molecule has 7 heavy (non-hydrogen) atoms. The molecule has 0 N–H and O–H groups in total. The third kappa shape index (κ3) is 43.2. The van der Waals surface area contributed by atoms with E-state index >= 15 is 0 Å². The summed E-state index contributed by atoms with van der Waals surface area (Å²) in [6, 6.07) is 0. The third-order valence-electron chi connectivity index (χ3n) is 0. The molecule has 0 heterocycles. The zero-order valence-corrected chi connectivity index (χ0v) is 9.62. The maximum atomic E-state index is 0. The van der Waals surface area contributed by atoms with Crippen molar-refractivity contribution < 1.29 is 117 Å². The topological polar surface area (TPSA) is 0 Å². The second-order valence-corrected chi connectivity index (χ2v) is 0. The predicted octanol–water partition coefficient (Wildman–Crippen LogP) is -0.0175. The molecule has 0 aliphatic heterocycles. The Balaban J connectivity index is 0. The summed E-state index contributed by atoms with van der Waals surface area (Å²) >= 11 is 0. The first-order valence-electron chi connectivity index (χ1n) is 0. The summed E-state index contributed by atoms with van der Waals surface area (Å²) in [4.78, 5) is 0. The quantitative estimate of drug-likeness (QED) is 0.525. The van der Waals surface area contributed by atoms with E-state index in [4.69, 9.17) is 0 Å². The first-order valence-corrected chi connectivity index (χ1v) is 0. The van der Waals surface area contributed by atoms with E-state index < -0.39 is 0 Å². The number of hydrogen-bond acceptors (Lipinski definition) is 0. The molecule has 0 unspecified atom stereocenters. The molecule has 0 nitrogen and oxygen atoms in total. The molecule has 0 rings (SSSR count). The standard InChI is InChI=1S/7Co/q7*+2. The van der Waals surface area contributed by atoms with Crippen LogP contribution in [0.4, 0.5) is 0 Å². The van der Waals surface area contributed by atoms with Gasteiger partial charge in [-0.3, -0.25) is 0 Å². The van der Waals surface area contributed by atoms with Crippen LogP contribution in [0.15, 0.2) is 0 Å². The van der Waals surface area contributed by atoms with Crippen LogP contribution in [0, 0.1) is 0 Å². The zero-order chi connectivity index (χ0) is 0. The van der Waals surface area contributed by atoms with E-state index in [0.717, 1.165) is 0 Å². The van der Waals surface area contributed by atoms with E-state index in [0.29, 0.717) is 0 Å². The second kappa shape index (κ2) is 55.5. The van der Waals surface area contributed by atoms with Crippen LogP contribution in [0.3, 0.4) is 0 Å². The maximum Gasteiger partial charge on any atom is 2.00 e. The molecular weight excluding hydrogens is 413 g/mol. The fraction of sp³-hybridized carbons (Fsp3) is 0. The van der Waals surface area contributed by atoms with Crippen LogP contribution in [0.1, 0.15) is 0 Å². The van der Waals surface area contributed by atoms with Gasteiger partial charge in [0.05, 0.1) is 0 Å². The van der Waals surface area contributed by atoms with Crippen molar-refractivity contribution in [2.75, 3.05) is 0 Å². The third-order valence-corrected chi connectivity index (χ3v) is 0. The van der Waals surface area contributed by atoms with Gasteiger partial charge in [0.25, 0.3) is 0 Å². The summed E-state index contributed by atoms with van der Waals surface area (Å²) < 4.78 is 0. The van der Waals surface area contributed by atoms with Crippen LogP contribution in [0.5, 0.6) is 0 Å². The minimum absolute atomic E-state index is 0. The van der Waals surface area contributed by atoms with E-state index in [1.807, 2.05) is 0 Å². The smallest absolute Gasteiger partial charge is 2.00 e. The number of hydrogen-bond donors (Lipinski definition) is 0. The van der Waals surface area contributed by atoms with Crippen LogP contribution in [0.25, 0.3) is 0 Å². The van der Waals surface area contributed by atoms with E-state index in [1.54, 1.807) is 0 Å². The van der Waals surface area contributed by atoms with Gasteiger partial charge in [0.1, 0.15) is 0 Å². The fourth-order valence-corrected chi connectivity index (χ4v) is 0. The van der Waals surface area contributed by atoms with Gasteiger partial charge in [-0.1, -0.05) is 0 Å². The van der Waals surface area contributed by atoms with Crippen LogP contribution >= 0.6 is 0 Å². The zero-order valence-electron chi connectivity index (χ0n) is 2.33. The molecular formula is Co7+14. The molecule has 0 aromatic heterocycles. The van der Waals surface area contributed by atoms with Crippen molar-refractivity contribution >= 4 is 0 Å². The molecule has 49 valence electrons. The first kappa shape index (κ1) is 76.4. The Morgan fingerprint density at radius 3 is 0.143 bits per heavy atom. The average Bonchev–Trinajstić information content (AvgIpc) is 0.